The van der Waals surface area contributed by atoms with E-state index in [0.29, 0.717) is 5.56 Å². The lowest BCUT2D eigenvalue weighted by molar-refractivity contribution is 0.0697. The SMILES string of the molecule is Cc1cccc2ccc(-c3ccc(-c4ccc(C(=O)O)cc4)[nH]3)cc12. The van der Waals surface area contributed by atoms with Crippen molar-refractivity contribution in [3.63, 3.8) is 0 Å². The van der Waals surface area contributed by atoms with Crippen LogP contribution in [-0.2, 0) is 0 Å². The first-order chi connectivity index (χ1) is 12.1. The van der Waals surface area contributed by atoms with Crippen molar-refractivity contribution in [2.24, 2.45) is 0 Å². The Labute approximate surface area is 145 Å². The zero-order valence-electron chi connectivity index (χ0n) is 13.8. The van der Waals surface area contributed by atoms with Gasteiger partial charge in [-0.3, -0.25) is 0 Å². The summed E-state index contributed by atoms with van der Waals surface area (Å²) in [6.45, 7) is 2.12. The summed E-state index contributed by atoms with van der Waals surface area (Å²) < 4.78 is 0. The van der Waals surface area contributed by atoms with E-state index >= 15 is 0 Å². The van der Waals surface area contributed by atoms with Crippen molar-refractivity contribution in [3.8, 4) is 22.5 Å². The lowest BCUT2D eigenvalue weighted by Gasteiger charge is -2.05. The van der Waals surface area contributed by atoms with Crippen LogP contribution >= 0.6 is 0 Å². The van der Waals surface area contributed by atoms with Gasteiger partial charge in [-0.05, 0) is 64.7 Å². The van der Waals surface area contributed by atoms with Gasteiger partial charge < -0.3 is 10.1 Å². The minimum atomic E-state index is -0.912. The molecular weight excluding hydrogens is 310 g/mol. The number of hydrogen-bond acceptors (Lipinski definition) is 1. The van der Waals surface area contributed by atoms with Gasteiger partial charge in [0.2, 0.25) is 0 Å². The first kappa shape index (κ1) is 15.2. The van der Waals surface area contributed by atoms with Gasteiger partial charge in [0.05, 0.1) is 5.56 Å². The topological polar surface area (TPSA) is 53.1 Å². The van der Waals surface area contributed by atoms with Crippen LogP contribution in [0.3, 0.4) is 0 Å². The zero-order valence-corrected chi connectivity index (χ0v) is 13.8. The van der Waals surface area contributed by atoms with E-state index in [1.165, 1.54) is 16.3 Å². The molecule has 3 heteroatoms. The van der Waals surface area contributed by atoms with E-state index in [2.05, 4.69) is 54.4 Å². The number of fused-ring (bicyclic) bond motifs is 1. The maximum Gasteiger partial charge on any atom is 0.335 e. The van der Waals surface area contributed by atoms with E-state index in [4.69, 9.17) is 5.11 Å². The van der Waals surface area contributed by atoms with Gasteiger partial charge in [0.25, 0.3) is 0 Å². The summed E-state index contributed by atoms with van der Waals surface area (Å²) >= 11 is 0. The molecule has 122 valence electrons. The molecule has 4 rings (SSSR count). The number of nitrogens with one attached hydrogen (secondary N) is 1. The number of aromatic nitrogens is 1. The summed E-state index contributed by atoms with van der Waals surface area (Å²) in [6, 6.07) is 23.7. The lowest BCUT2D eigenvalue weighted by Crippen LogP contribution is -1.94. The number of H-pyrrole nitrogens is 1. The van der Waals surface area contributed by atoms with Crippen LogP contribution in [0.25, 0.3) is 33.3 Å². The molecule has 0 radical (unpaired) electrons. The second kappa shape index (κ2) is 5.95. The number of benzene rings is 3. The molecule has 1 heterocycles. The van der Waals surface area contributed by atoms with Crippen molar-refractivity contribution in [3.05, 3.63) is 83.9 Å². The van der Waals surface area contributed by atoms with Crippen molar-refractivity contribution >= 4 is 16.7 Å². The van der Waals surface area contributed by atoms with Gasteiger partial charge >= 0.3 is 5.97 Å². The Bertz CT molecular complexity index is 1070. The molecule has 0 unspecified atom stereocenters. The molecule has 0 bridgehead atoms. The van der Waals surface area contributed by atoms with Crippen LogP contribution in [0.5, 0.6) is 0 Å². The Kier molecular flexibility index (Phi) is 3.62. The van der Waals surface area contributed by atoms with Crippen molar-refractivity contribution in [2.45, 2.75) is 6.92 Å². The fourth-order valence-corrected chi connectivity index (χ4v) is 3.12. The van der Waals surface area contributed by atoms with Crippen molar-refractivity contribution < 1.29 is 9.90 Å². The summed E-state index contributed by atoms with van der Waals surface area (Å²) in [4.78, 5) is 14.4. The van der Waals surface area contributed by atoms with Gasteiger partial charge in [0.1, 0.15) is 0 Å². The first-order valence-electron chi connectivity index (χ1n) is 8.14. The highest BCUT2D eigenvalue weighted by Gasteiger charge is 2.07. The number of aryl methyl sites for hydroxylation is 1. The lowest BCUT2D eigenvalue weighted by atomic mass is 10.0. The fraction of sp³-hybridized carbons (Fsp3) is 0.0455. The fourth-order valence-electron chi connectivity index (χ4n) is 3.12. The Balaban J connectivity index is 1.71. The summed E-state index contributed by atoms with van der Waals surface area (Å²) in [5, 5.41) is 11.5. The maximum absolute atomic E-state index is 11.0. The number of aromatic amines is 1. The van der Waals surface area contributed by atoms with Crippen LogP contribution in [0.1, 0.15) is 15.9 Å². The number of carboxylic acid groups (broad SMARTS) is 1. The third-order valence-corrected chi connectivity index (χ3v) is 4.54. The molecule has 2 N–H and O–H groups in total. The predicted molar refractivity (Wildman–Crippen MR) is 101 cm³/mol. The number of rotatable bonds is 3. The Morgan fingerprint density at radius 2 is 1.52 bits per heavy atom. The molecule has 0 atom stereocenters. The highest BCUT2D eigenvalue weighted by atomic mass is 16.4. The van der Waals surface area contributed by atoms with E-state index in [-0.39, 0.29) is 0 Å². The second-order valence-electron chi connectivity index (χ2n) is 6.18. The molecule has 0 fully saturated rings. The normalized spacial score (nSPS) is 10.9. The average Bonchev–Trinajstić information content (AvgIpc) is 3.12. The van der Waals surface area contributed by atoms with Gasteiger partial charge in [0.15, 0.2) is 0 Å². The molecule has 1 aromatic heterocycles. The van der Waals surface area contributed by atoms with Gasteiger partial charge in [-0.1, -0.05) is 42.5 Å². The summed E-state index contributed by atoms with van der Waals surface area (Å²) in [5.41, 5.74) is 5.67. The van der Waals surface area contributed by atoms with Crippen LogP contribution in [0.15, 0.2) is 72.8 Å². The van der Waals surface area contributed by atoms with Crippen LogP contribution < -0.4 is 0 Å². The summed E-state index contributed by atoms with van der Waals surface area (Å²) in [7, 11) is 0. The first-order valence-corrected chi connectivity index (χ1v) is 8.14. The number of hydrogen-bond donors (Lipinski definition) is 2. The molecule has 3 aromatic carbocycles. The van der Waals surface area contributed by atoms with Crippen LogP contribution in [0.4, 0.5) is 0 Å². The number of carbonyl (C=O) groups is 1. The highest BCUT2D eigenvalue weighted by molar-refractivity contribution is 5.90. The predicted octanol–water partition coefficient (Wildman–Crippen LogP) is 5.51. The van der Waals surface area contributed by atoms with Gasteiger partial charge in [-0.15, -0.1) is 0 Å². The van der Waals surface area contributed by atoms with Gasteiger partial charge in [0, 0.05) is 11.4 Å². The second-order valence-corrected chi connectivity index (χ2v) is 6.18. The standard InChI is InChI=1S/C22H17NO2/c1-14-3-2-4-15-5-10-18(13-19(14)15)21-12-11-20(23-21)16-6-8-17(9-7-16)22(24)25/h2-13,23H,1H3,(H,24,25). The van der Waals surface area contributed by atoms with E-state index in [1.54, 1.807) is 12.1 Å². The molecule has 0 aliphatic heterocycles. The smallest absolute Gasteiger partial charge is 0.335 e. The monoisotopic (exact) mass is 327 g/mol. The molecule has 3 nitrogen and oxygen atoms in total. The molecule has 4 aromatic rings. The van der Waals surface area contributed by atoms with Gasteiger partial charge in [-0.25, -0.2) is 4.79 Å². The molecule has 25 heavy (non-hydrogen) atoms. The third-order valence-electron chi connectivity index (χ3n) is 4.54. The molecule has 0 saturated carbocycles. The number of carboxylic acids is 1. The Morgan fingerprint density at radius 1 is 0.840 bits per heavy atom. The number of aromatic carboxylic acids is 1. The molecule has 0 amide bonds. The third kappa shape index (κ3) is 2.81. The van der Waals surface area contributed by atoms with Crippen LogP contribution in [0.2, 0.25) is 0 Å². The van der Waals surface area contributed by atoms with E-state index in [0.717, 1.165) is 22.5 Å². The average molecular weight is 327 g/mol. The van der Waals surface area contributed by atoms with Crippen LogP contribution in [0, 0.1) is 6.92 Å². The van der Waals surface area contributed by atoms with Crippen molar-refractivity contribution in [2.75, 3.05) is 0 Å². The van der Waals surface area contributed by atoms with E-state index < -0.39 is 5.97 Å². The minimum absolute atomic E-state index is 0.292. The summed E-state index contributed by atoms with van der Waals surface area (Å²) in [6.07, 6.45) is 0. The van der Waals surface area contributed by atoms with Crippen molar-refractivity contribution in [1.29, 1.82) is 0 Å². The highest BCUT2D eigenvalue weighted by Crippen LogP contribution is 2.28. The molecule has 0 aliphatic rings. The Hall–Kier alpha value is -3.33. The minimum Gasteiger partial charge on any atom is -0.478 e. The molecular formula is C22H17NO2. The molecule has 0 spiro atoms. The van der Waals surface area contributed by atoms with Crippen molar-refractivity contribution in [1.82, 2.24) is 4.98 Å². The van der Waals surface area contributed by atoms with Crippen LogP contribution in [-0.4, -0.2) is 16.1 Å². The summed E-state index contributed by atoms with van der Waals surface area (Å²) in [5.74, 6) is -0.912. The van der Waals surface area contributed by atoms with E-state index in [9.17, 15) is 4.79 Å². The zero-order chi connectivity index (χ0) is 17.4. The molecule has 0 aliphatic carbocycles. The largest absolute Gasteiger partial charge is 0.478 e. The maximum atomic E-state index is 11.0. The Morgan fingerprint density at radius 3 is 2.24 bits per heavy atom. The van der Waals surface area contributed by atoms with E-state index in [1.807, 2.05) is 18.2 Å². The van der Waals surface area contributed by atoms with Gasteiger partial charge in [-0.2, -0.15) is 0 Å². The quantitative estimate of drug-likeness (QED) is 0.521. The molecule has 0 saturated heterocycles.